The molecule has 0 radical (unpaired) electrons. The summed E-state index contributed by atoms with van der Waals surface area (Å²) in [6.45, 7) is 4.40. The molecule has 0 amide bonds. The molecule has 0 aliphatic rings. The van der Waals surface area contributed by atoms with Crippen LogP contribution in [-0.2, 0) is 28.6 Å². The second-order valence-corrected chi connectivity index (χ2v) is 15.2. The molecule has 0 N–H and O–H groups in total. The van der Waals surface area contributed by atoms with Gasteiger partial charge in [0.25, 0.3) is 0 Å². The van der Waals surface area contributed by atoms with Gasteiger partial charge in [-0.15, -0.1) is 0 Å². The number of carbonyl (C=O) groups is 3. The van der Waals surface area contributed by atoms with E-state index in [1.807, 2.05) is 0 Å². The fraction of sp³-hybridized carbons (Fsp3) is 0.612. The summed E-state index contributed by atoms with van der Waals surface area (Å²) >= 11 is 0. The zero-order valence-electron chi connectivity index (χ0n) is 36.5. The number of carboxylic acids is 1. The van der Waals surface area contributed by atoms with Crippen LogP contribution in [-0.4, -0.2) is 75.5 Å². The fourth-order valence-electron chi connectivity index (χ4n) is 5.58. The van der Waals surface area contributed by atoms with Gasteiger partial charge < -0.3 is 28.6 Å². The third-order valence-corrected chi connectivity index (χ3v) is 8.95. The zero-order chi connectivity index (χ0) is 42.1. The van der Waals surface area contributed by atoms with Gasteiger partial charge in [0.05, 0.1) is 40.3 Å². The number of unbranched alkanes of at least 4 members (excludes halogenated alkanes) is 7. The normalized spacial score (nSPS) is 13.9. The molecule has 0 aromatic carbocycles. The quantitative estimate of drug-likeness (QED) is 0.0267. The van der Waals surface area contributed by atoms with Gasteiger partial charge in [0.1, 0.15) is 12.6 Å². The summed E-state index contributed by atoms with van der Waals surface area (Å²) in [5.41, 5.74) is 0. The molecule has 0 bridgehead atoms. The van der Waals surface area contributed by atoms with Gasteiger partial charge in [-0.3, -0.25) is 9.59 Å². The van der Waals surface area contributed by atoms with E-state index in [4.69, 9.17) is 14.2 Å². The summed E-state index contributed by atoms with van der Waals surface area (Å²) in [5, 5.41) is 11.6. The second kappa shape index (κ2) is 39.1. The van der Waals surface area contributed by atoms with Crippen LogP contribution in [0.1, 0.15) is 142 Å². The van der Waals surface area contributed by atoms with Gasteiger partial charge in [-0.2, -0.15) is 0 Å². The lowest BCUT2D eigenvalue weighted by atomic mass is 10.1. The topological polar surface area (TPSA) is 102 Å². The Balaban J connectivity index is 4.54. The number of allylic oxidation sites excluding steroid dienone is 16. The van der Waals surface area contributed by atoms with E-state index in [-0.39, 0.29) is 49.1 Å². The SMILES string of the molecule is CC/C=C/C/C=C/C/C=C/C/C=C/CCCCCC(=O)OCC(COCCC(C(=O)[O-])[N+](C)(C)C)OC(=O)CCC/C=C/C/C=C/C/C=C/C/C=C/CCCCC. The fourth-order valence-corrected chi connectivity index (χ4v) is 5.58. The number of esters is 2. The summed E-state index contributed by atoms with van der Waals surface area (Å²) in [6.07, 6.45) is 51.5. The molecule has 8 heteroatoms. The number of ether oxygens (including phenoxy) is 3. The van der Waals surface area contributed by atoms with Gasteiger partial charge in [-0.05, 0) is 89.9 Å². The van der Waals surface area contributed by atoms with E-state index in [9.17, 15) is 19.5 Å². The first kappa shape index (κ1) is 53.2. The number of carbonyl (C=O) groups excluding carboxylic acids is 3. The Hall–Kier alpha value is -3.75. The van der Waals surface area contributed by atoms with Crippen molar-refractivity contribution in [1.29, 1.82) is 0 Å². The predicted molar refractivity (Wildman–Crippen MR) is 235 cm³/mol. The maximum Gasteiger partial charge on any atom is 0.306 e. The van der Waals surface area contributed by atoms with Crippen molar-refractivity contribution in [2.45, 2.75) is 154 Å². The van der Waals surface area contributed by atoms with Crippen LogP contribution in [0.25, 0.3) is 0 Å². The third-order valence-electron chi connectivity index (χ3n) is 8.95. The summed E-state index contributed by atoms with van der Waals surface area (Å²) in [5.74, 6) is -1.87. The Morgan fingerprint density at radius 1 is 0.544 bits per heavy atom. The lowest BCUT2D eigenvalue weighted by Gasteiger charge is -2.34. The molecular weight excluding hydrogens is 715 g/mol. The van der Waals surface area contributed by atoms with Crippen LogP contribution < -0.4 is 5.11 Å². The molecule has 0 aromatic rings. The minimum atomic E-state index is -1.14. The molecule has 8 nitrogen and oxygen atoms in total. The van der Waals surface area contributed by atoms with Crippen LogP contribution in [0.2, 0.25) is 0 Å². The highest BCUT2D eigenvalue weighted by molar-refractivity contribution is 5.70. The highest BCUT2D eigenvalue weighted by Crippen LogP contribution is 2.10. The maximum absolute atomic E-state index is 12.7. The van der Waals surface area contributed by atoms with Crippen LogP contribution in [0.15, 0.2) is 97.2 Å². The van der Waals surface area contributed by atoms with Crippen LogP contribution in [0, 0.1) is 0 Å². The van der Waals surface area contributed by atoms with E-state index in [0.717, 1.165) is 77.0 Å². The van der Waals surface area contributed by atoms with E-state index in [2.05, 4.69) is 111 Å². The highest BCUT2D eigenvalue weighted by Gasteiger charge is 2.25. The lowest BCUT2D eigenvalue weighted by molar-refractivity contribution is -0.889. The Morgan fingerprint density at radius 3 is 1.47 bits per heavy atom. The molecule has 0 saturated heterocycles. The largest absolute Gasteiger partial charge is 0.544 e. The van der Waals surface area contributed by atoms with E-state index in [1.165, 1.54) is 25.7 Å². The van der Waals surface area contributed by atoms with Crippen LogP contribution in [0.4, 0.5) is 0 Å². The predicted octanol–water partition coefficient (Wildman–Crippen LogP) is 10.6. The molecule has 0 aliphatic carbocycles. The van der Waals surface area contributed by atoms with Crippen molar-refractivity contribution in [3.05, 3.63) is 97.2 Å². The monoisotopic (exact) mass is 794 g/mol. The van der Waals surface area contributed by atoms with E-state index in [1.54, 1.807) is 21.1 Å². The van der Waals surface area contributed by atoms with Crippen molar-refractivity contribution in [3.63, 3.8) is 0 Å². The van der Waals surface area contributed by atoms with E-state index >= 15 is 0 Å². The summed E-state index contributed by atoms with van der Waals surface area (Å²) in [4.78, 5) is 36.8. The molecule has 2 atom stereocenters. The van der Waals surface area contributed by atoms with Crippen LogP contribution in [0.3, 0.4) is 0 Å². The first-order chi connectivity index (χ1) is 27.6. The Morgan fingerprint density at radius 2 is 1.00 bits per heavy atom. The van der Waals surface area contributed by atoms with Gasteiger partial charge in [0.15, 0.2) is 6.10 Å². The number of aliphatic carboxylic acids is 1. The van der Waals surface area contributed by atoms with Crippen LogP contribution in [0.5, 0.6) is 0 Å². The standard InChI is InChI=1S/C49H79NO7/c1-6-8-10-12-14-16-18-20-22-24-26-28-30-32-34-36-38-40-48(52)57-45(43-55-42-41-46(49(53)54)50(3,4)5)44-56-47(51)39-37-35-33-31-29-27-25-23-21-19-17-15-13-11-9-7-2/h9,11,14-17,20-23,26-29,32,34,45-46H,6-8,10,12-13,18-19,24-25,30-31,33,35-44H2,1-5H3/b11-9+,16-14+,17-15+,22-20+,23-21+,28-26+,29-27+,34-32+. The zero-order valence-corrected chi connectivity index (χ0v) is 36.5. The maximum atomic E-state index is 12.7. The number of hydrogen-bond donors (Lipinski definition) is 0. The van der Waals surface area contributed by atoms with Crippen molar-refractivity contribution in [3.8, 4) is 0 Å². The second-order valence-electron chi connectivity index (χ2n) is 15.2. The van der Waals surface area contributed by atoms with Crippen molar-refractivity contribution in [2.24, 2.45) is 0 Å². The number of quaternary nitrogens is 1. The van der Waals surface area contributed by atoms with Gasteiger partial charge in [-0.25, -0.2) is 0 Å². The molecule has 0 aliphatic heterocycles. The minimum absolute atomic E-state index is 0.00196. The smallest absolute Gasteiger partial charge is 0.306 e. The first-order valence-electron chi connectivity index (χ1n) is 21.8. The van der Waals surface area contributed by atoms with E-state index < -0.39 is 18.1 Å². The number of rotatable bonds is 37. The average Bonchev–Trinajstić information content (AvgIpc) is 3.17. The van der Waals surface area contributed by atoms with Crippen LogP contribution >= 0.6 is 0 Å². The van der Waals surface area contributed by atoms with Crippen molar-refractivity contribution < 1.29 is 38.2 Å². The molecule has 0 spiro atoms. The molecule has 322 valence electrons. The van der Waals surface area contributed by atoms with Gasteiger partial charge in [0, 0.05) is 19.3 Å². The average molecular weight is 794 g/mol. The van der Waals surface area contributed by atoms with Gasteiger partial charge >= 0.3 is 11.9 Å². The molecule has 0 saturated carbocycles. The number of carboxylic acid groups (broad SMARTS) is 1. The van der Waals surface area contributed by atoms with Crippen molar-refractivity contribution in [1.82, 2.24) is 0 Å². The molecule has 2 unspecified atom stereocenters. The van der Waals surface area contributed by atoms with Gasteiger partial charge in [-0.1, -0.05) is 130 Å². The lowest BCUT2D eigenvalue weighted by Crippen LogP contribution is -2.55. The molecule has 0 aromatic heterocycles. The molecule has 0 fully saturated rings. The number of likely N-dealkylation sites (N-methyl/N-ethyl adjacent to an activating group) is 1. The minimum Gasteiger partial charge on any atom is -0.544 e. The summed E-state index contributed by atoms with van der Waals surface area (Å²) in [6, 6.07) is -0.746. The Labute approximate surface area is 347 Å². The first-order valence-corrected chi connectivity index (χ1v) is 21.8. The number of nitrogens with zero attached hydrogens (tertiary/aromatic N) is 1. The number of hydrogen-bond acceptors (Lipinski definition) is 7. The summed E-state index contributed by atoms with van der Waals surface area (Å²) < 4.78 is 17.1. The van der Waals surface area contributed by atoms with Crippen molar-refractivity contribution >= 4 is 17.9 Å². The molecular formula is C49H79NO7. The third kappa shape index (κ3) is 37.6. The Bertz CT molecular complexity index is 1250. The Kier molecular flexibility index (Phi) is 36.5. The molecule has 57 heavy (non-hydrogen) atoms. The molecule has 0 heterocycles. The van der Waals surface area contributed by atoms with Crippen molar-refractivity contribution in [2.75, 3.05) is 41.0 Å². The van der Waals surface area contributed by atoms with E-state index in [0.29, 0.717) is 12.8 Å². The molecule has 0 rings (SSSR count). The summed E-state index contributed by atoms with van der Waals surface area (Å²) in [7, 11) is 5.36. The van der Waals surface area contributed by atoms with Gasteiger partial charge in [0.2, 0.25) is 0 Å². The highest BCUT2D eigenvalue weighted by atomic mass is 16.6.